The van der Waals surface area contributed by atoms with Gasteiger partial charge in [-0.1, -0.05) is 5.16 Å². The smallest absolute Gasteiger partial charge is 0.250 e. The Hall–Kier alpha value is -3.09. The number of hydrogen-bond donors (Lipinski definition) is 1. The van der Waals surface area contributed by atoms with Gasteiger partial charge in [-0.25, -0.2) is 9.97 Å². The Labute approximate surface area is 119 Å². The minimum Gasteiger partial charge on any atom is -0.366 e. The summed E-state index contributed by atoms with van der Waals surface area (Å²) in [5, 5.41) is 4.02. The average Bonchev–Trinajstić information content (AvgIpc) is 2.90. The Bertz CT molecular complexity index is 781. The molecule has 104 valence electrons. The molecule has 3 aromatic heterocycles. The Morgan fingerprint density at radius 1 is 1.19 bits per heavy atom. The first-order chi connectivity index (χ1) is 10.2. The predicted molar refractivity (Wildman–Crippen MR) is 74.0 cm³/mol. The van der Waals surface area contributed by atoms with Crippen LogP contribution in [0.2, 0.25) is 0 Å². The maximum atomic E-state index is 11.1. The highest BCUT2D eigenvalue weighted by molar-refractivity contribution is 5.93. The number of rotatable bonds is 3. The number of nitrogens with zero attached hydrogens (tertiary/aromatic N) is 4. The molecule has 0 spiro atoms. The molecular weight excluding hydrogens is 270 g/mol. The number of nitrogens with two attached hydrogens (primary N) is 1. The minimum atomic E-state index is -0.521. The molecule has 3 rings (SSSR count). The van der Waals surface area contributed by atoms with Crippen molar-refractivity contribution in [3.05, 3.63) is 48.2 Å². The lowest BCUT2D eigenvalue weighted by Gasteiger charge is -2.02. The highest BCUT2D eigenvalue weighted by Crippen LogP contribution is 2.31. The fourth-order valence-electron chi connectivity index (χ4n) is 1.97. The van der Waals surface area contributed by atoms with Crippen molar-refractivity contribution in [1.82, 2.24) is 20.1 Å². The molecule has 7 heteroatoms. The van der Waals surface area contributed by atoms with Crippen molar-refractivity contribution in [3.63, 3.8) is 0 Å². The van der Waals surface area contributed by atoms with E-state index in [1.165, 1.54) is 12.5 Å². The summed E-state index contributed by atoms with van der Waals surface area (Å²) in [5.74, 6) is 0.0926. The summed E-state index contributed by atoms with van der Waals surface area (Å²) in [4.78, 5) is 23.4. The number of carbonyl (C=O) groups excluding carboxylic acids is 1. The van der Waals surface area contributed by atoms with Gasteiger partial charge in [0.2, 0.25) is 5.91 Å². The molecule has 0 fully saturated rings. The lowest BCUT2D eigenvalue weighted by atomic mass is 10.1. The largest absolute Gasteiger partial charge is 0.366 e. The number of hydrogen-bond acceptors (Lipinski definition) is 6. The lowest BCUT2D eigenvalue weighted by molar-refractivity contribution is 0.1000. The molecule has 0 bridgehead atoms. The van der Waals surface area contributed by atoms with Crippen LogP contribution in [-0.2, 0) is 0 Å². The van der Waals surface area contributed by atoms with E-state index in [4.69, 9.17) is 10.3 Å². The van der Waals surface area contributed by atoms with Crippen molar-refractivity contribution in [1.29, 1.82) is 0 Å². The van der Waals surface area contributed by atoms with Crippen LogP contribution in [-0.4, -0.2) is 26.0 Å². The molecule has 0 atom stereocenters. The van der Waals surface area contributed by atoms with Crippen molar-refractivity contribution in [3.8, 4) is 22.6 Å². The number of pyridine rings is 1. The van der Waals surface area contributed by atoms with Gasteiger partial charge in [-0.2, -0.15) is 0 Å². The normalized spacial score (nSPS) is 10.5. The maximum Gasteiger partial charge on any atom is 0.250 e. The summed E-state index contributed by atoms with van der Waals surface area (Å²) in [5.41, 5.74) is 8.12. The van der Waals surface area contributed by atoms with E-state index in [0.29, 0.717) is 28.4 Å². The van der Waals surface area contributed by atoms with Crippen molar-refractivity contribution in [2.24, 2.45) is 5.73 Å². The van der Waals surface area contributed by atoms with Crippen LogP contribution in [0.15, 0.2) is 41.4 Å². The zero-order valence-corrected chi connectivity index (χ0v) is 11.1. The average molecular weight is 281 g/mol. The quantitative estimate of drug-likeness (QED) is 0.781. The second kappa shape index (κ2) is 5.12. The highest BCUT2D eigenvalue weighted by atomic mass is 16.5. The number of aryl methyl sites for hydroxylation is 1. The van der Waals surface area contributed by atoms with Crippen molar-refractivity contribution in [2.45, 2.75) is 6.92 Å². The zero-order valence-electron chi connectivity index (χ0n) is 11.1. The highest BCUT2D eigenvalue weighted by Gasteiger charge is 2.18. The monoisotopic (exact) mass is 281 g/mol. The van der Waals surface area contributed by atoms with Gasteiger partial charge in [0.15, 0.2) is 0 Å². The van der Waals surface area contributed by atoms with Gasteiger partial charge in [-0.05, 0) is 25.1 Å². The first-order valence-electron chi connectivity index (χ1n) is 6.15. The third-order valence-corrected chi connectivity index (χ3v) is 2.99. The van der Waals surface area contributed by atoms with E-state index in [0.717, 1.165) is 5.56 Å². The first kappa shape index (κ1) is 12.9. The molecule has 0 aliphatic rings. The zero-order chi connectivity index (χ0) is 14.8. The molecule has 3 aromatic rings. The van der Waals surface area contributed by atoms with Crippen LogP contribution in [0.4, 0.5) is 0 Å². The molecule has 21 heavy (non-hydrogen) atoms. The van der Waals surface area contributed by atoms with E-state index in [1.54, 1.807) is 31.3 Å². The lowest BCUT2D eigenvalue weighted by Crippen LogP contribution is -2.11. The van der Waals surface area contributed by atoms with Crippen LogP contribution in [0.25, 0.3) is 22.6 Å². The Kier molecular flexibility index (Phi) is 3.15. The fraction of sp³-hybridized carbons (Fsp3) is 0.0714. The molecule has 0 radical (unpaired) electrons. The Balaban J connectivity index is 2.10. The van der Waals surface area contributed by atoms with Gasteiger partial charge in [-0.3, -0.25) is 9.78 Å². The van der Waals surface area contributed by atoms with Gasteiger partial charge >= 0.3 is 0 Å². The Morgan fingerprint density at radius 2 is 2.05 bits per heavy atom. The van der Waals surface area contributed by atoms with E-state index >= 15 is 0 Å². The van der Waals surface area contributed by atoms with Crippen LogP contribution in [0, 0.1) is 6.92 Å². The molecule has 3 heterocycles. The molecular formula is C14H11N5O2. The molecule has 2 N–H and O–H groups in total. The fourth-order valence-corrected chi connectivity index (χ4v) is 1.97. The van der Waals surface area contributed by atoms with E-state index < -0.39 is 5.91 Å². The van der Waals surface area contributed by atoms with E-state index in [1.807, 2.05) is 0 Å². The van der Waals surface area contributed by atoms with Crippen molar-refractivity contribution < 1.29 is 9.32 Å². The SMILES string of the molecule is Cc1onc(-c2ccncn2)c1-c1ccc(C(N)=O)cn1. The molecule has 7 nitrogen and oxygen atoms in total. The van der Waals surface area contributed by atoms with E-state index in [2.05, 4.69) is 20.1 Å². The summed E-state index contributed by atoms with van der Waals surface area (Å²) >= 11 is 0. The van der Waals surface area contributed by atoms with Gasteiger partial charge < -0.3 is 10.3 Å². The van der Waals surface area contributed by atoms with E-state index in [9.17, 15) is 4.79 Å². The molecule has 0 saturated heterocycles. The first-order valence-corrected chi connectivity index (χ1v) is 6.15. The second-order valence-corrected chi connectivity index (χ2v) is 4.35. The minimum absolute atomic E-state index is 0.344. The molecule has 0 aromatic carbocycles. The third-order valence-electron chi connectivity index (χ3n) is 2.99. The second-order valence-electron chi connectivity index (χ2n) is 4.35. The number of primary amides is 1. The number of aromatic nitrogens is 4. The molecule has 1 amide bonds. The van der Waals surface area contributed by atoms with Gasteiger partial charge in [0.1, 0.15) is 17.8 Å². The number of carbonyl (C=O) groups is 1. The molecule has 0 aliphatic heterocycles. The van der Waals surface area contributed by atoms with Gasteiger partial charge in [0.25, 0.3) is 0 Å². The maximum absolute atomic E-state index is 11.1. The summed E-state index contributed by atoms with van der Waals surface area (Å²) in [6, 6.07) is 5.05. The van der Waals surface area contributed by atoms with Crippen LogP contribution in [0.1, 0.15) is 16.1 Å². The van der Waals surface area contributed by atoms with Gasteiger partial charge in [0.05, 0.1) is 22.5 Å². The summed E-state index contributed by atoms with van der Waals surface area (Å²) in [7, 11) is 0. The van der Waals surface area contributed by atoms with Crippen LogP contribution in [0.3, 0.4) is 0 Å². The molecule has 0 unspecified atom stereocenters. The van der Waals surface area contributed by atoms with Gasteiger partial charge in [0, 0.05) is 12.4 Å². The van der Waals surface area contributed by atoms with Gasteiger partial charge in [-0.15, -0.1) is 0 Å². The Morgan fingerprint density at radius 3 is 2.67 bits per heavy atom. The van der Waals surface area contributed by atoms with Crippen molar-refractivity contribution in [2.75, 3.05) is 0 Å². The summed E-state index contributed by atoms with van der Waals surface area (Å²) in [6.45, 7) is 1.79. The molecule has 0 saturated carbocycles. The van der Waals surface area contributed by atoms with E-state index in [-0.39, 0.29) is 0 Å². The number of amides is 1. The third kappa shape index (κ3) is 2.36. The van der Waals surface area contributed by atoms with Crippen LogP contribution < -0.4 is 5.73 Å². The topological polar surface area (TPSA) is 108 Å². The summed E-state index contributed by atoms with van der Waals surface area (Å²) in [6.07, 6.45) is 4.49. The molecule has 0 aliphatic carbocycles. The van der Waals surface area contributed by atoms with Crippen LogP contribution >= 0.6 is 0 Å². The summed E-state index contributed by atoms with van der Waals surface area (Å²) < 4.78 is 5.24. The predicted octanol–water partition coefficient (Wildman–Crippen LogP) is 1.60. The standard InChI is InChI=1S/C14H11N5O2/c1-8-12(10-3-2-9(6-17-10)14(15)20)13(19-21-8)11-4-5-16-7-18-11/h2-7H,1H3,(H2,15,20). The van der Waals surface area contributed by atoms with Crippen molar-refractivity contribution >= 4 is 5.91 Å². The van der Waals surface area contributed by atoms with Crippen LogP contribution in [0.5, 0.6) is 0 Å².